The van der Waals surface area contributed by atoms with Gasteiger partial charge in [-0.3, -0.25) is 10.1 Å². The maximum Gasteiger partial charge on any atom is 0.271 e. The molecular weight excluding hydrogens is 246 g/mol. The number of fused-ring (bicyclic) bond motifs is 2. The Labute approximate surface area is 108 Å². The molecule has 0 radical (unpaired) electrons. The van der Waals surface area contributed by atoms with Crippen molar-refractivity contribution in [2.24, 2.45) is 0 Å². The first-order chi connectivity index (χ1) is 9.17. The average molecular weight is 257 g/mol. The van der Waals surface area contributed by atoms with Crippen molar-refractivity contribution in [3.05, 3.63) is 52.1 Å². The Balaban J connectivity index is 2.02. The van der Waals surface area contributed by atoms with Crippen LogP contribution in [0.2, 0.25) is 0 Å². The van der Waals surface area contributed by atoms with Crippen LogP contribution in [0.15, 0.2) is 36.4 Å². The number of nitrogens with zero attached hydrogens (tertiary/aromatic N) is 1. The molecule has 0 amide bonds. The summed E-state index contributed by atoms with van der Waals surface area (Å²) in [7, 11) is 0. The Kier molecular flexibility index (Phi) is 2.57. The van der Waals surface area contributed by atoms with Crippen molar-refractivity contribution in [3.8, 4) is 0 Å². The molecule has 6 nitrogen and oxygen atoms in total. The summed E-state index contributed by atoms with van der Waals surface area (Å²) in [6.07, 6.45) is 0. The van der Waals surface area contributed by atoms with Gasteiger partial charge in [-0.1, -0.05) is 6.07 Å². The largest absolute Gasteiger partial charge is 0.392 e. The molecule has 3 N–H and O–H groups in total. The fourth-order valence-electron chi connectivity index (χ4n) is 2.05. The van der Waals surface area contributed by atoms with Gasteiger partial charge in [-0.25, -0.2) is 0 Å². The first-order valence-corrected chi connectivity index (χ1v) is 5.73. The summed E-state index contributed by atoms with van der Waals surface area (Å²) in [6, 6.07) is 10.1. The molecule has 0 atom stereocenters. The van der Waals surface area contributed by atoms with Gasteiger partial charge in [0.1, 0.15) is 0 Å². The smallest absolute Gasteiger partial charge is 0.271 e. The Morgan fingerprint density at radius 2 is 1.63 bits per heavy atom. The van der Waals surface area contributed by atoms with Crippen molar-refractivity contribution in [2.75, 3.05) is 10.6 Å². The molecule has 2 aromatic carbocycles. The molecule has 0 bridgehead atoms. The van der Waals surface area contributed by atoms with E-state index in [0.717, 1.165) is 22.6 Å². The zero-order valence-corrected chi connectivity index (χ0v) is 9.88. The zero-order valence-electron chi connectivity index (χ0n) is 9.88. The lowest BCUT2D eigenvalue weighted by Crippen LogP contribution is -2.07. The van der Waals surface area contributed by atoms with Gasteiger partial charge in [-0.15, -0.1) is 0 Å². The molecule has 0 saturated carbocycles. The number of hydrogen-bond donors (Lipinski definition) is 3. The molecule has 96 valence electrons. The molecule has 0 aliphatic carbocycles. The highest BCUT2D eigenvalue weighted by Gasteiger charge is 2.17. The number of rotatable bonds is 2. The number of nitro benzene ring substituents is 1. The van der Waals surface area contributed by atoms with Crippen LogP contribution in [-0.4, -0.2) is 10.0 Å². The van der Waals surface area contributed by atoms with E-state index in [-0.39, 0.29) is 12.3 Å². The molecule has 6 heteroatoms. The van der Waals surface area contributed by atoms with E-state index in [0.29, 0.717) is 5.69 Å². The van der Waals surface area contributed by atoms with Gasteiger partial charge in [0, 0.05) is 12.1 Å². The maximum atomic E-state index is 10.8. The van der Waals surface area contributed by atoms with Crippen molar-refractivity contribution in [1.82, 2.24) is 0 Å². The fourth-order valence-corrected chi connectivity index (χ4v) is 2.05. The first-order valence-electron chi connectivity index (χ1n) is 5.73. The molecule has 0 spiro atoms. The number of nitrogens with one attached hydrogen (secondary N) is 2. The fraction of sp³-hybridized carbons (Fsp3) is 0.0769. The second-order valence-electron chi connectivity index (χ2n) is 4.28. The monoisotopic (exact) mass is 257 g/mol. The van der Waals surface area contributed by atoms with Crippen LogP contribution in [0.3, 0.4) is 0 Å². The highest BCUT2D eigenvalue weighted by molar-refractivity contribution is 5.91. The summed E-state index contributed by atoms with van der Waals surface area (Å²) >= 11 is 0. The van der Waals surface area contributed by atoms with Gasteiger partial charge in [-0.05, 0) is 23.8 Å². The molecule has 3 rings (SSSR count). The molecule has 1 aliphatic rings. The van der Waals surface area contributed by atoms with Crippen molar-refractivity contribution in [1.29, 1.82) is 0 Å². The third-order valence-corrected chi connectivity index (χ3v) is 3.02. The second-order valence-corrected chi connectivity index (χ2v) is 4.28. The summed E-state index contributed by atoms with van der Waals surface area (Å²) in [5, 5.41) is 26.2. The molecule has 0 aromatic heterocycles. The Morgan fingerprint density at radius 1 is 1.00 bits per heavy atom. The highest BCUT2D eigenvalue weighted by Crippen LogP contribution is 2.40. The van der Waals surface area contributed by atoms with Crippen LogP contribution < -0.4 is 10.6 Å². The van der Waals surface area contributed by atoms with Gasteiger partial charge in [0.2, 0.25) is 0 Å². The molecule has 1 heterocycles. The molecule has 0 fully saturated rings. The molecule has 1 aliphatic heterocycles. The zero-order chi connectivity index (χ0) is 13.4. The summed E-state index contributed by atoms with van der Waals surface area (Å²) < 4.78 is 0. The lowest BCUT2D eigenvalue weighted by atomic mass is 10.1. The van der Waals surface area contributed by atoms with Crippen molar-refractivity contribution >= 4 is 28.4 Å². The lowest BCUT2D eigenvalue weighted by Gasteiger charge is -2.23. The van der Waals surface area contributed by atoms with Crippen LogP contribution in [0.1, 0.15) is 5.56 Å². The Morgan fingerprint density at radius 3 is 2.32 bits per heavy atom. The van der Waals surface area contributed by atoms with Crippen LogP contribution in [0.4, 0.5) is 28.4 Å². The molecule has 2 aromatic rings. The molecule has 19 heavy (non-hydrogen) atoms. The van der Waals surface area contributed by atoms with E-state index in [1.807, 2.05) is 18.2 Å². The third kappa shape index (κ3) is 1.98. The number of non-ortho nitro benzene ring substituents is 1. The lowest BCUT2D eigenvalue weighted by molar-refractivity contribution is -0.384. The minimum Gasteiger partial charge on any atom is -0.392 e. The topological polar surface area (TPSA) is 87.4 Å². The van der Waals surface area contributed by atoms with E-state index >= 15 is 0 Å². The quantitative estimate of drug-likeness (QED) is 0.485. The number of benzene rings is 2. The van der Waals surface area contributed by atoms with Crippen molar-refractivity contribution in [2.45, 2.75) is 6.61 Å². The summed E-state index contributed by atoms with van der Waals surface area (Å²) in [5.74, 6) is 0. The van der Waals surface area contributed by atoms with Gasteiger partial charge in [0.05, 0.1) is 34.3 Å². The molecular formula is C13H11N3O3. The van der Waals surface area contributed by atoms with E-state index in [1.165, 1.54) is 12.1 Å². The molecule has 0 unspecified atom stereocenters. The first kappa shape index (κ1) is 11.5. The highest BCUT2D eigenvalue weighted by atomic mass is 16.6. The van der Waals surface area contributed by atoms with Crippen LogP contribution in [0, 0.1) is 10.1 Å². The van der Waals surface area contributed by atoms with Crippen LogP contribution >= 0.6 is 0 Å². The van der Waals surface area contributed by atoms with Gasteiger partial charge >= 0.3 is 0 Å². The van der Waals surface area contributed by atoms with Gasteiger partial charge in [0.15, 0.2) is 0 Å². The number of hydrogen-bond acceptors (Lipinski definition) is 5. The summed E-state index contributed by atoms with van der Waals surface area (Å²) in [6.45, 7) is -0.0449. The maximum absolute atomic E-state index is 10.8. The van der Waals surface area contributed by atoms with E-state index in [4.69, 9.17) is 5.11 Å². The van der Waals surface area contributed by atoms with Gasteiger partial charge < -0.3 is 15.7 Å². The SMILES string of the molecule is O=[N+]([O-])c1ccc2c(c1)Nc1cc(CO)ccc1N2. The van der Waals surface area contributed by atoms with E-state index < -0.39 is 4.92 Å². The third-order valence-electron chi connectivity index (χ3n) is 3.02. The Hall–Kier alpha value is -2.60. The minimum absolute atomic E-state index is 0.0369. The van der Waals surface area contributed by atoms with Crippen LogP contribution in [0.25, 0.3) is 0 Å². The summed E-state index contributed by atoms with van der Waals surface area (Å²) in [4.78, 5) is 10.3. The predicted molar refractivity (Wildman–Crippen MR) is 72.0 cm³/mol. The van der Waals surface area contributed by atoms with Crippen molar-refractivity contribution in [3.63, 3.8) is 0 Å². The van der Waals surface area contributed by atoms with Crippen LogP contribution in [0.5, 0.6) is 0 Å². The second kappa shape index (κ2) is 4.25. The van der Waals surface area contributed by atoms with Gasteiger partial charge in [0.25, 0.3) is 5.69 Å². The normalized spacial score (nSPS) is 11.8. The standard InChI is InChI=1S/C13H11N3O3/c17-7-8-1-3-10-12(5-8)15-13-6-9(16(18)19)2-4-11(13)14-10/h1-6,14-15,17H,7H2. The number of aliphatic hydroxyl groups excluding tert-OH is 1. The predicted octanol–water partition coefficient (Wildman–Crippen LogP) is 2.89. The number of aliphatic hydroxyl groups is 1. The van der Waals surface area contributed by atoms with E-state index in [2.05, 4.69) is 10.6 Å². The number of anilines is 4. The molecule has 0 saturated heterocycles. The Bertz CT molecular complexity index is 670. The average Bonchev–Trinajstić information content (AvgIpc) is 2.43. The van der Waals surface area contributed by atoms with Crippen LogP contribution in [-0.2, 0) is 6.61 Å². The van der Waals surface area contributed by atoms with E-state index in [9.17, 15) is 10.1 Å². The van der Waals surface area contributed by atoms with Gasteiger partial charge in [-0.2, -0.15) is 0 Å². The number of nitro groups is 1. The minimum atomic E-state index is -0.429. The van der Waals surface area contributed by atoms with Crippen molar-refractivity contribution < 1.29 is 10.0 Å². The van der Waals surface area contributed by atoms with E-state index in [1.54, 1.807) is 6.07 Å². The summed E-state index contributed by atoms with van der Waals surface area (Å²) in [5.41, 5.74) is 3.92.